The molecule has 4 rings (SSSR count). The molecule has 184 valence electrons. The quantitative estimate of drug-likeness (QED) is 0.264. The summed E-state index contributed by atoms with van der Waals surface area (Å²) in [5.74, 6) is 4.00. The Morgan fingerprint density at radius 1 is 0.829 bits per heavy atom. The van der Waals surface area contributed by atoms with Crippen molar-refractivity contribution in [2.75, 3.05) is 14.2 Å². The molecule has 0 aromatic heterocycles. The van der Waals surface area contributed by atoms with Gasteiger partial charge in [0.25, 0.3) is 0 Å². The van der Waals surface area contributed by atoms with E-state index in [-0.39, 0.29) is 4.75 Å². The number of Topliss-reactive ketones (excluding diaryl/α,β-unsaturated/α-hetero) is 1. The fraction of sp³-hybridized carbons (Fsp3) is 0.367. The lowest BCUT2D eigenvalue weighted by Crippen LogP contribution is -2.34. The van der Waals surface area contributed by atoms with E-state index in [1.807, 2.05) is 47.8 Å². The monoisotopic (exact) mass is 506 g/mol. The Hall–Kier alpha value is -2.37. The molecule has 5 heteroatoms. The molecule has 0 amide bonds. The van der Waals surface area contributed by atoms with Crippen LogP contribution < -0.4 is 9.47 Å². The summed E-state index contributed by atoms with van der Waals surface area (Å²) < 4.78 is 10.6. The molecule has 0 saturated heterocycles. The maximum atomic E-state index is 12.7. The number of rotatable bonds is 11. The highest BCUT2D eigenvalue weighted by Gasteiger charge is 2.38. The van der Waals surface area contributed by atoms with Crippen molar-refractivity contribution in [1.82, 2.24) is 0 Å². The summed E-state index contributed by atoms with van der Waals surface area (Å²) in [6, 6.07) is 27.5. The largest absolute Gasteiger partial charge is 0.497 e. The van der Waals surface area contributed by atoms with Crippen LogP contribution in [0.5, 0.6) is 11.5 Å². The first-order valence-electron chi connectivity index (χ1n) is 12.2. The Morgan fingerprint density at radius 3 is 2.00 bits per heavy atom. The third-order valence-corrected chi connectivity index (χ3v) is 9.60. The molecule has 0 bridgehead atoms. The van der Waals surface area contributed by atoms with E-state index in [1.54, 1.807) is 14.2 Å². The van der Waals surface area contributed by atoms with Gasteiger partial charge in [-0.1, -0.05) is 54.6 Å². The van der Waals surface area contributed by atoms with Crippen LogP contribution in [0.25, 0.3) is 0 Å². The van der Waals surface area contributed by atoms with Gasteiger partial charge >= 0.3 is 0 Å². The molecule has 1 aliphatic rings. The maximum Gasteiger partial charge on any atom is 0.134 e. The number of ether oxygens (including phenoxy) is 2. The summed E-state index contributed by atoms with van der Waals surface area (Å²) in [5, 5.41) is 0.326. The van der Waals surface area contributed by atoms with E-state index in [1.165, 1.54) is 16.7 Å². The van der Waals surface area contributed by atoms with Crippen LogP contribution in [-0.2, 0) is 16.3 Å². The number of hydrogen-bond donors (Lipinski definition) is 0. The van der Waals surface area contributed by atoms with Gasteiger partial charge in [0.05, 0.1) is 14.2 Å². The zero-order valence-corrected chi connectivity index (χ0v) is 22.2. The van der Waals surface area contributed by atoms with E-state index in [0.717, 1.165) is 48.7 Å². The van der Waals surface area contributed by atoms with E-state index in [2.05, 4.69) is 54.6 Å². The molecule has 3 nitrogen and oxygen atoms in total. The Labute approximate surface area is 218 Å². The molecule has 0 radical (unpaired) electrons. The van der Waals surface area contributed by atoms with Crippen LogP contribution in [-0.4, -0.2) is 24.7 Å². The van der Waals surface area contributed by atoms with Crippen LogP contribution in [0.4, 0.5) is 0 Å². The molecule has 3 aromatic rings. The number of ketones is 1. The second-order valence-corrected chi connectivity index (χ2v) is 11.8. The van der Waals surface area contributed by atoms with Gasteiger partial charge < -0.3 is 9.47 Å². The van der Waals surface area contributed by atoms with Crippen molar-refractivity contribution in [2.45, 2.75) is 53.6 Å². The predicted molar refractivity (Wildman–Crippen MR) is 149 cm³/mol. The zero-order valence-electron chi connectivity index (χ0n) is 20.6. The standard InChI is InChI=1S/C30H34O3S2/c1-32-27-14-10-23(11-15-27)21-34-29(25-7-4-3-5-8-25)20-30(18-6-9-26(31)19-30)35-22-24-12-16-28(33-2)17-13-24/h3-5,7-8,10-17,29H,6,9,18-22H2,1-2H3/t29-,30+/m1/s1. The van der Waals surface area contributed by atoms with Crippen LogP contribution in [0.3, 0.4) is 0 Å². The van der Waals surface area contributed by atoms with Crippen LogP contribution in [0.2, 0.25) is 0 Å². The second-order valence-electron chi connectivity index (χ2n) is 9.15. The molecule has 2 atom stereocenters. The fourth-order valence-electron chi connectivity index (χ4n) is 4.66. The first kappa shape index (κ1) is 25.7. The highest BCUT2D eigenvalue weighted by Crippen LogP contribution is 2.49. The minimum absolute atomic E-state index is 0.0390. The zero-order chi connectivity index (χ0) is 24.5. The van der Waals surface area contributed by atoms with Gasteiger partial charge in [-0.05, 0) is 60.2 Å². The third-order valence-electron chi connectivity index (χ3n) is 6.65. The van der Waals surface area contributed by atoms with E-state index in [4.69, 9.17) is 9.47 Å². The first-order chi connectivity index (χ1) is 17.1. The van der Waals surface area contributed by atoms with Crippen molar-refractivity contribution >= 4 is 29.3 Å². The Balaban J connectivity index is 1.52. The summed E-state index contributed by atoms with van der Waals surface area (Å²) in [4.78, 5) is 12.7. The van der Waals surface area contributed by atoms with Crippen molar-refractivity contribution in [1.29, 1.82) is 0 Å². The van der Waals surface area contributed by atoms with Crippen molar-refractivity contribution in [3.8, 4) is 11.5 Å². The van der Waals surface area contributed by atoms with Crippen molar-refractivity contribution < 1.29 is 14.3 Å². The predicted octanol–water partition coefficient (Wildman–Crippen LogP) is 7.88. The average molecular weight is 507 g/mol. The normalized spacial score (nSPS) is 18.7. The molecule has 0 heterocycles. The lowest BCUT2D eigenvalue weighted by Gasteiger charge is -2.39. The van der Waals surface area contributed by atoms with E-state index in [9.17, 15) is 4.79 Å². The molecular formula is C30H34O3S2. The van der Waals surface area contributed by atoms with Crippen LogP contribution in [0, 0.1) is 0 Å². The summed E-state index contributed by atoms with van der Waals surface area (Å²) in [5.41, 5.74) is 3.90. The molecule has 0 aliphatic heterocycles. The summed E-state index contributed by atoms with van der Waals surface area (Å²) in [6.07, 6.45) is 4.45. The highest BCUT2D eigenvalue weighted by atomic mass is 32.2. The van der Waals surface area contributed by atoms with Gasteiger partial charge in [-0.15, -0.1) is 23.5 Å². The van der Waals surface area contributed by atoms with Crippen LogP contribution in [0.1, 0.15) is 54.0 Å². The Morgan fingerprint density at radius 2 is 1.43 bits per heavy atom. The van der Waals surface area contributed by atoms with Crippen molar-refractivity contribution in [2.24, 2.45) is 0 Å². The molecule has 3 aromatic carbocycles. The first-order valence-corrected chi connectivity index (χ1v) is 14.2. The van der Waals surface area contributed by atoms with Gasteiger partial charge in [0.15, 0.2) is 0 Å². The average Bonchev–Trinajstić information content (AvgIpc) is 2.91. The fourth-order valence-corrected chi connectivity index (χ4v) is 7.64. The van der Waals surface area contributed by atoms with Crippen molar-refractivity contribution in [3.05, 3.63) is 95.6 Å². The molecular weight excluding hydrogens is 472 g/mol. The van der Waals surface area contributed by atoms with Gasteiger partial charge in [-0.3, -0.25) is 4.79 Å². The van der Waals surface area contributed by atoms with E-state index >= 15 is 0 Å². The lowest BCUT2D eigenvalue weighted by molar-refractivity contribution is -0.121. The summed E-state index contributed by atoms with van der Waals surface area (Å²) in [7, 11) is 3.39. The number of methoxy groups -OCH3 is 2. The van der Waals surface area contributed by atoms with Gasteiger partial charge in [-0.2, -0.15) is 0 Å². The van der Waals surface area contributed by atoms with Crippen LogP contribution in [0.15, 0.2) is 78.9 Å². The minimum Gasteiger partial charge on any atom is -0.497 e. The van der Waals surface area contributed by atoms with Gasteiger partial charge in [0.2, 0.25) is 0 Å². The number of hydrogen-bond acceptors (Lipinski definition) is 5. The highest BCUT2D eigenvalue weighted by molar-refractivity contribution is 8.00. The smallest absolute Gasteiger partial charge is 0.134 e. The van der Waals surface area contributed by atoms with Gasteiger partial charge in [0.1, 0.15) is 17.3 Å². The minimum atomic E-state index is -0.0390. The number of carbonyl (C=O) groups is 1. The SMILES string of the molecule is COc1ccc(CS[C@H](C[C@]2(SCc3ccc(OC)cc3)CCCC(=O)C2)c2ccccc2)cc1. The molecule has 1 fully saturated rings. The molecule has 1 aliphatic carbocycles. The van der Waals surface area contributed by atoms with Crippen molar-refractivity contribution in [3.63, 3.8) is 0 Å². The molecule has 1 saturated carbocycles. The van der Waals surface area contributed by atoms with Crippen LogP contribution >= 0.6 is 23.5 Å². The topological polar surface area (TPSA) is 35.5 Å². The Bertz CT molecular complexity index is 1070. The molecule has 0 unspecified atom stereocenters. The number of thioether (sulfide) groups is 2. The summed E-state index contributed by atoms with van der Waals surface area (Å²) in [6.45, 7) is 0. The van der Waals surface area contributed by atoms with Gasteiger partial charge in [0, 0.05) is 34.3 Å². The molecule has 0 spiro atoms. The number of benzene rings is 3. The summed E-state index contributed by atoms with van der Waals surface area (Å²) >= 11 is 3.95. The molecule has 0 N–H and O–H groups in total. The molecule has 35 heavy (non-hydrogen) atoms. The Kier molecular flexibility index (Phi) is 9.22. The maximum absolute atomic E-state index is 12.7. The van der Waals surface area contributed by atoms with E-state index < -0.39 is 0 Å². The van der Waals surface area contributed by atoms with Gasteiger partial charge in [-0.25, -0.2) is 0 Å². The number of carbonyl (C=O) groups excluding carboxylic acids is 1. The van der Waals surface area contributed by atoms with E-state index in [0.29, 0.717) is 17.5 Å². The third kappa shape index (κ3) is 7.31. The lowest BCUT2D eigenvalue weighted by atomic mass is 9.83. The second kappa shape index (κ2) is 12.5.